The highest BCUT2D eigenvalue weighted by Gasteiger charge is 2.50. The molecule has 0 aromatic carbocycles. The van der Waals surface area contributed by atoms with Crippen LogP contribution in [-0.2, 0) is 4.79 Å². The predicted molar refractivity (Wildman–Crippen MR) is 49.5 cm³/mol. The van der Waals surface area contributed by atoms with E-state index in [0.29, 0.717) is 12.3 Å². The number of nitrogens with one attached hydrogen (secondary N) is 1. The van der Waals surface area contributed by atoms with Crippen LogP contribution in [0.5, 0.6) is 0 Å². The molecule has 2 N–H and O–H groups in total. The molecule has 0 spiro atoms. The van der Waals surface area contributed by atoms with Crippen LogP contribution in [0.1, 0.15) is 32.1 Å². The molecule has 2 aliphatic rings. The van der Waals surface area contributed by atoms with Crippen molar-refractivity contribution < 1.29 is 9.90 Å². The molecule has 3 unspecified atom stereocenters. The Hall–Kier alpha value is -0.570. The average molecular weight is 183 g/mol. The highest BCUT2D eigenvalue weighted by Crippen LogP contribution is 2.51. The third-order valence-corrected chi connectivity index (χ3v) is 3.94. The lowest BCUT2D eigenvalue weighted by Gasteiger charge is -2.36. The minimum Gasteiger partial charge on any atom is -0.481 e. The first-order valence-corrected chi connectivity index (χ1v) is 5.07. The molecule has 0 aliphatic heterocycles. The van der Waals surface area contributed by atoms with E-state index in [4.69, 9.17) is 5.11 Å². The maximum atomic E-state index is 10.8. The van der Waals surface area contributed by atoms with E-state index in [2.05, 4.69) is 5.32 Å². The number of rotatable bonds is 3. The van der Waals surface area contributed by atoms with Crippen LogP contribution in [0.3, 0.4) is 0 Å². The fourth-order valence-electron chi connectivity index (χ4n) is 3.32. The molecule has 74 valence electrons. The number of hydrogen-bond acceptors (Lipinski definition) is 2. The number of aliphatic carboxylic acids is 1. The lowest BCUT2D eigenvalue weighted by molar-refractivity contribution is -0.139. The maximum Gasteiger partial charge on any atom is 0.305 e. The quantitative estimate of drug-likeness (QED) is 0.692. The summed E-state index contributed by atoms with van der Waals surface area (Å²) in [5, 5.41) is 12.1. The van der Waals surface area contributed by atoms with Crippen molar-refractivity contribution >= 4 is 5.97 Å². The molecule has 0 radical (unpaired) electrons. The van der Waals surface area contributed by atoms with Crippen molar-refractivity contribution in [1.82, 2.24) is 5.32 Å². The first-order chi connectivity index (χ1) is 6.16. The summed E-state index contributed by atoms with van der Waals surface area (Å²) < 4.78 is 0. The largest absolute Gasteiger partial charge is 0.481 e. The minimum atomic E-state index is -0.665. The van der Waals surface area contributed by atoms with Crippen molar-refractivity contribution in [1.29, 1.82) is 0 Å². The van der Waals surface area contributed by atoms with E-state index in [1.54, 1.807) is 0 Å². The highest BCUT2D eigenvalue weighted by atomic mass is 16.4. The van der Waals surface area contributed by atoms with Gasteiger partial charge in [0.05, 0.1) is 6.42 Å². The Kier molecular flexibility index (Phi) is 2.06. The molecule has 0 saturated heterocycles. The van der Waals surface area contributed by atoms with Gasteiger partial charge in [0.25, 0.3) is 0 Å². The molecular weight excluding hydrogens is 166 g/mol. The zero-order chi connectivity index (χ0) is 9.47. The topological polar surface area (TPSA) is 49.3 Å². The van der Waals surface area contributed by atoms with Gasteiger partial charge in [-0.15, -0.1) is 0 Å². The van der Waals surface area contributed by atoms with Crippen molar-refractivity contribution in [3.8, 4) is 0 Å². The van der Waals surface area contributed by atoms with Crippen LogP contribution in [0.15, 0.2) is 0 Å². The van der Waals surface area contributed by atoms with Crippen LogP contribution in [0, 0.1) is 11.8 Å². The van der Waals surface area contributed by atoms with Crippen molar-refractivity contribution in [2.75, 3.05) is 7.05 Å². The average Bonchev–Trinajstić information content (AvgIpc) is 2.62. The number of carbonyl (C=O) groups is 1. The Bertz CT molecular complexity index is 229. The second-order valence-corrected chi connectivity index (χ2v) is 4.56. The molecule has 2 saturated carbocycles. The molecule has 3 heteroatoms. The van der Waals surface area contributed by atoms with Crippen LogP contribution in [0.4, 0.5) is 0 Å². The fourth-order valence-corrected chi connectivity index (χ4v) is 3.32. The van der Waals surface area contributed by atoms with Crippen molar-refractivity contribution in [2.24, 2.45) is 11.8 Å². The molecule has 3 nitrogen and oxygen atoms in total. The fraction of sp³-hybridized carbons (Fsp3) is 0.900. The van der Waals surface area contributed by atoms with E-state index < -0.39 is 5.97 Å². The van der Waals surface area contributed by atoms with Gasteiger partial charge in [-0.3, -0.25) is 4.79 Å². The number of hydrogen-bond donors (Lipinski definition) is 2. The third-order valence-electron chi connectivity index (χ3n) is 3.94. The van der Waals surface area contributed by atoms with Crippen LogP contribution in [0.25, 0.3) is 0 Å². The zero-order valence-corrected chi connectivity index (χ0v) is 8.05. The second-order valence-electron chi connectivity index (χ2n) is 4.56. The summed E-state index contributed by atoms with van der Waals surface area (Å²) in [5.74, 6) is 0.734. The van der Waals surface area contributed by atoms with Crippen LogP contribution in [0.2, 0.25) is 0 Å². The Balaban J connectivity index is 2.12. The Morgan fingerprint density at radius 3 is 2.77 bits per heavy atom. The smallest absolute Gasteiger partial charge is 0.305 e. The van der Waals surface area contributed by atoms with Crippen molar-refractivity contribution in [3.63, 3.8) is 0 Å². The van der Waals surface area contributed by atoms with Crippen molar-refractivity contribution in [2.45, 2.75) is 37.6 Å². The van der Waals surface area contributed by atoms with E-state index in [-0.39, 0.29) is 5.54 Å². The molecule has 2 rings (SSSR count). The molecule has 2 aliphatic carbocycles. The summed E-state index contributed by atoms with van der Waals surface area (Å²) in [6.07, 6.45) is 5.14. The van der Waals surface area contributed by atoms with Crippen molar-refractivity contribution in [3.05, 3.63) is 0 Å². The molecular formula is C10H17NO2. The van der Waals surface area contributed by atoms with Gasteiger partial charge in [0.2, 0.25) is 0 Å². The van der Waals surface area contributed by atoms with Gasteiger partial charge in [-0.1, -0.05) is 6.42 Å². The first kappa shape index (κ1) is 9.00. The summed E-state index contributed by atoms with van der Waals surface area (Å²) in [6.45, 7) is 0. The lowest BCUT2D eigenvalue weighted by Crippen LogP contribution is -2.49. The maximum absolute atomic E-state index is 10.8. The number of fused-ring (bicyclic) bond motifs is 2. The van der Waals surface area contributed by atoms with Crippen LogP contribution in [-0.4, -0.2) is 23.7 Å². The van der Waals surface area contributed by atoms with E-state index in [1.807, 2.05) is 7.05 Å². The van der Waals surface area contributed by atoms with Crippen LogP contribution >= 0.6 is 0 Å². The highest BCUT2D eigenvalue weighted by molar-refractivity contribution is 5.68. The molecule has 13 heavy (non-hydrogen) atoms. The molecule has 2 bridgehead atoms. The lowest BCUT2D eigenvalue weighted by atomic mass is 9.78. The third kappa shape index (κ3) is 1.35. The Morgan fingerprint density at radius 2 is 2.38 bits per heavy atom. The molecule has 0 heterocycles. The SMILES string of the molecule is CNC1(CC(=O)O)CC2CCC1C2. The second kappa shape index (κ2) is 2.98. The molecule has 0 amide bonds. The van der Waals surface area contributed by atoms with Gasteiger partial charge in [0.15, 0.2) is 0 Å². The van der Waals surface area contributed by atoms with Gasteiger partial charge in [-0.2, -0.15) is 0 Å². The zero-order valence-electron chi connectivity index (χ0n) is 8.05. The van der Waals surface area contributed by atoms with Gasteiger partial charge in [0, 0.05) is 5.54 Å². The monoisotopic (exact) mass is 183 g/mol. The summed E-state index contributed by atoms with van der Waals surface area (Å²) in [5.41, 5.74) is -0.0747. The molecule has 3 atom stereocenters. The minimum absolute atomic E-state index is 0.0747. The summed E-state index contributed by atoms with van der Waals surface area (Å²) in [6, 6.07) is 0. The molecule has 0 aromatic heterocycles. The van der Waals surface area contributed by atoms with Gasteiger partial charge >= 0.3 is 5.97 Å². The Labute approximate surface area is 78.5 Å². The molecule has 2 fully saturated rings. The number of carboxylic acid groups (broad SMARTS) is 1. The standard InChI is InChI=1S/C10H17NO2/c1-11-10(6-9(12)13)5-7-2-3-8(10)4-7/h7-8,11H,2-6H2,1H3,(H,12,13). The van der Waals surface area contributed by atoms with Gasteiger partial charge < -0.3 is 10.4 Å². The van der Waals surface area contributed by atoms with E-state index >= 15 is 0 Å². The van der Waals surface area contributed by atoms with Gasteiger partial charge in [-0.25, -0.2) is 0 Å². The first-order valence-electron chi connectivity index (χ1n) is 5.07. The van der Waals surface area contributed by atoms with Gasteiger partial charge in [-0.05, 0) is 38.1 Å². The summed E-state index contributed by atoms with van der Waals surface area (Å²) in [7, 11) is 1.91. The van der Waals surface area contributed by atoms with Crippen LogP contribution < -0.4 is 5.32 Å². The Morgan fingerprint density at radius 1 is 1.62 bits per heavy atom. The van der Waals surface area contributed by atoms with Gasteiger partial charge in [0.1, 0.15) is 0 Å². The molecule has 0 aromatic rings. The summed E-state index contributed by atoms with van der Waals surface area (Å²) in [4.78, 5) is 10.8. The van der Waals surface area contributed by atoms with E-state index in [1.165, 1.54) is 19.3 Å². The van der Waals surface area contributed by atoms with E-state index in [0.717, 1.165) is 12.3 Å². The summed E-state index contributed by atoms with van der Waals surface area (Å²) >= 11 is 0. The number of carboxylic acids is 1. The van der Waals surface area contributed by atoms with E-state index in [9.17, 15) is 4.79 Å². The predicted octanol–water partition coefficient (Wildman–Crippen LogP) is 1.24. The normalized spacial score (nSPS) is 42.5.